The van der Waals surface area contributed by atoms with E-state index in [1.54, 1.807) is 0 Å². The molecule has 274 valence electrons. The van der Waals surface area contributed by atoms with Crippen LogP contribution in [0.5, 0.6) is 0 Å². The minimum Gasteiger partial charge on any atom is -0.456 e. The van der Waals surface area contributed by atoms with Crippen molar-refractivity contribution in [1.82, 2.24) is 19.5 Å². The van der Waals surface area contributed by atoms with E-state index in [0.29, 0.717) is 17.6 Å². The first-order chi connectivity index (χ1) is 28.2. The van der Waals surface area contributed by atoms with Crippen LogP contribution in [-0.4, -0.2) is 19.5 Å². The summed E-state index contributed by atoms with van der Waals surface area (Å²) in [4.78, 5) is 15.8. The van der Waals surface area contributed by atoms with Crippen LogP contribution in [0.2, 0.25) is 0 Å². The topological polar surface area (TPSA) is 69.9 Å². The summed E-state index contributed by atoms with van der Waals surface area (Å²) >= 11 is 0. The normalized spacial score (nSPS) is 11.7. The number of para-hydroxylation sites is 2. The zero-order chi connectivity index (χ0) is 37.5. The van der Waals surface area contributed by atoms with Gasteiger partial charge in [-0.3, -0.25) is 4.57 Å². The third kappa shape index (κ3) is 5.16. The predicted octanol–water partition coefficient (Wildman–Crippen LogP) is 14.1. The molecule has 0 N–H and O–H groups in total. The fourth-order valence-corrected chi connectivity index (χ4v) is 8.46. The highest BCUT2D eigenvalue weighted by Gasteiger charge is 2.22. The zero-order valence-corrected chi connectivity index (χ0v) is 30.4. The molecule has 0 amide bonds. The first kappa shape index (κ1) is 33.5. The molecule has 6 nitrogen and oxygen atoms in total. The fourth-order valence-electron chi connectivity index (χ4n) is 8.46. The second kappa shape index (κ2) is 13.1. The van der Waals surface area contributed by atoms with Crippen molar-refractivity contribution in [2.24, 2.45) is 0 Å². The molecule has 0 atom stereocenters. The lowest BCUT2D eigenvalue weighted by Crippen LogP contribution is -2.06. The highest BCUT2D eigenvalue weighted by atomic mass is 16.3. The average Bonchev–Trinajstić information content (AvgIpc) is 3.96. The molecule has 0 aliphatic rings. The van der Waals surface area contributed by atoms with Gasteiger partial charge < -0.3 is 8.83 Å². The summed E-state index contributed by atoms with van der Waals surface area (Å²) in [6, 6.07) is 62.6. The van der Waals surface area contributed by atoms with Crippen LogP contribution in [-0.2, 0) is 0 Å². The monoisotopic (exact) mass is 746 g/mol. The molecule has 0 fully saturated rings. The van der Waals surface area contributed by atoms with E-state index < -0.39 is 0 Å². The highest BCUT2D eigenvalue weighted by molar-refractivity contribution is 6.24. The summed E-state index contributed by atoms with van der Waals surface area (Å²) in [5, 5.41) is 6.39. The van der Waals surface area contributed by atoms with Crippen LogP contribution in [0.1, 0.15) is 7.43 Å². The summed E-state index contributed by atoms with van der Waals surface area (Å²) in [6.07, 6.45) is 0. The van der Waals surface area contributed by atoms with Gasteiger partial charge in [0.2, 0.25) is 5.95 Å². The fraction of sp³-hybridized carbons (Fsp3) is 0.0192. The Hall–Kier alpha value is -7.83. The molecule has 0 aliphatic heterocycles. The maximum absolute atomic E-state index is 6.56. The number of benzene rings is 8. The Morgan fingerprint density at radius 1 is 0.362 bits per heavy atom. The van der Waals surface area contributed by atoms with Crippen LogP contribution < -0.4 is 0 Å². The molecule has 0 spiro atoms. The lowest BCUT2D eigenvalue weighted by Gasteiger charge is -2.12. The summed E-state index contributed by atoms with van der Waals surface area (Å²) in [7, 11) is 0. The quantitative estimate of drug-likeness (QED) is 0.175. The molecule has 0 aliphatic carbocycles. The number of hydrogen-bond acceptors (Lipinski definition) is 5. The molecule has 6 heteroatoms. The van der Waals surface area contributed by atoms with Crippen LogP contribution >= 0.6 is 0 Å². The van der Waals surface area contributed by atoms with Gasteiger partial charge in [0.1, 0.15) is 22.3 Å². The number of fused-ring (bicyclic) bond motifs is 10. The Morgan fingerprint density at radius 2 is 0.931 bits per heavy atom. The Bertz CT molecular complexity index is 3510. The smallest absolute Gasteiger partial charge is 0.238 e. The van der Waals surface area contributed by atoms with Gasteiger partial charge in [-0.05, 0) is 64.7 Å². The van der Waals surface area contributed by atoms with E-state index in [1.807, 2.05) is 36.4 Å². The zero-order valence-electron chi connectivity index (χ0n) is 30.4. The van der Waals surface area contributed by atoms with Crippen LogP contribution in [0.15, 0.2) is 191 Å². The Kier molecular flexibility index (Phi) is 7.59. The van der Waals surface area contributed by atoms with Crippen molar-refractivity contribution in [2.45, 2.75) is 7.43 Å². The van der Waals surface area contributed by atoms with Crippen molar-refractivity contribution in [1.29, 1.82) is 0 Å². The van der Waals surface area contributed by atoms with Crippen molar-refractivity contribution in [2.75, 3.05) is 0 Å². The van der Waals surface area contributed by atoms with Crippen LogP contribution in [0.25, 0.3) is 117 Å². The standard InChI is InChI=1S/C51H30N4O2.CH4/c1-3-12-31(13-4-1)32-22-24-34(25-23-32)49-52-50(35-26-27-40-45(30-35)57-43-21-11-18-36(46(40)43)33-14-5-2-6-15-33)54-51(53-49)55-41-19-9-7-16-37(41)38-28-29-44-47(48(38)55)39-17-8-10-20-42(39)56-44;/h1-30H;1H4. The molecule has 12 aromatic rings. The molecule has 0 unspecified atom stereocenters. The molecule has 58 heavy (non-hydrogen) atoms. The van der Waals surface area contributed by atoms with Gasteiger partial charge in [-0.15, -0.1) is 0 Å². The number of nitrogens with zero attached hydrogens (tertiary/aromatic N) is 4. The van der Waals surface area contributed by atoms with Gasteiger partial charge in [0.25, 0.3) is 0 Å². The van der Waals surface area contributed by atoms with E-state index in [4.69, 9.17) is 23.8 Å². The second-order valence-corrected chi connectivity index (χ2v) is 14.4. The van der Waals surface area contributed by atoms with E-state index in [2.05, 4.69) is 150 Å². The minimum atomic E-state index is 0. The molecule has 4 heterocycles. The maximum atomic E-state index is 6.56. The number of rotatable bonds is 5. The van der Waals surface area contributed by atoms with Gasteiger partial charge in [0.15, 0.2) is 11.6 Å². The maximum Gasteiger partial charge on any atom is 0.238 e. The van der Waals surface area contributed by atoms with E-state index in [1.165, 1.54) is 0 Å². The minimum absolute atomic E-state index is 0. The molecule has 12 rings (SSSR count). The highest BCUT2D eigenvalue weighted by Crippen LogP contribution is 2.42. The van der Waals surface area contributed by atoms with Crippen molar-refractivity contribution in [3.63, 3.8) is 0 Å². The van der Waals surface area contributed by atoms with E-state index >= 15 is 0 Å². The summed E-state index contributed by atoms with van der Waals surface area (Å²) in [6.45, 7) is 0. The van der Waals surface area contributed by atoms with Gasteiger partial charge in [-0.1, -0.05) is 147 Å². The molecule has 0 saturated heterocycles. The first-order valence-corrected chi connectivity index (χ1v) is 19.0. The lowest BCUT2D eigenvalue weighted by molar-refractivity contribution is 0.668. The number of aromatic nitrogens is 4. The van der Waals surface area contributed by atoms with Gasteiger partial charge >= 0.3 is 0 Å². The summed E-state index contributed by atoms with van der Waals surface area (Å²) in [5.74, 6) is 1.63. The van der Waals surface area contributed by atoms with E-state index in [9.17, 15) is 0 Å². The van der Waals surface area contributed by atoms with E-state index in [0.717, 1.165) is 99.1 Å². The second-order valence-electron chi connectivity index (χ2n) is 14.4. The third-order valence-corrected chi connectivity index (χ3v) is 11.1. The Morgan fingerprint density at radius 3 is 1.74 bits per heavy atom. The molecular weight excluding hydrogens is 713 g/mol. The van der Waals surface area contributed by atoms with Crippen molar-refractivity contribution in [3.8, 4) is 51.0 Å². The molecule has 0 bridgehead atoms. The van der Waals surface area contributed by atoms with E-state index in [-0.39, 0.29) is 7.43 Å². The SMILES string of the molecule is C.c1ccc(-c2ccc(-c3nc(-c4ccc5c(c4)oc4cccc(-c6ccccc6)c45)nc(-n4c5ccccc5c5ccc6oc7ccccc7c6c54)n3)cc2)cc1. The van der Waals surface area contributed by atoms with Crippen LogP contribution in [0.4, 0.5) is 0 Å². The molecule has 4 aromatic heterocycles. The molecular formula is C52H34N4O2. The van der Waals surface area contributed by atoms with Gasteiger partial charge in [-0.25, -0.2) is 4.98 Å². The summed E-state index contributed by atoms with van der Waals surface area (Å²) in [5.41, 5.74) is 11.5. The molecule has 0 radical (unpaired) electrons. The number of furan rings is 2. The lowest BCUT2D eigenvalue weighted by atomic mass is 9.99. The first-order valence-electron chi connectivity index (χ1n) is 19.0. The van der Waals surface area contributed by atoms with Gasteiger partial charge in [0, 0.05) is 38.1 Å². The molecule has 0 saturated carbocycles. The summed E-state index contributed by atoms with van der Waals surface area (Å²) < 4.78 is 15.1. The predicted molar refractivity (Wildman–Crippen MR) is 237 cm³/mol. The Labute approximate surface area is 333 Å². The van der Waals surface area contributed by atoms with Crippen LogP contribution in [0.3, 0.4) is 0 Å². The van der Waals surface area contributed by atoms with Crippen molar-refractivity contribution < 1.29 is 8.83 Å². The third-order valence-electron chi connectivity index (χ3n) is 11.1. The largest absolute Gasteiger partial charge is 0.456 e. The van der Waals surface area contributed by atoms with Gasteiger partial charge in [-0.2, -0.15) is 9.97 Å². The average molecular weight is 747 g/mol. The Balaban J connectivity index is 0.00000385. The number of hydrogen-bond donors (Lipinski definition) is 0. The van der Waals surface area contributed by atoms with Crippen molar-refractivity contribution >= 4 is 65.7 Å². The van der Waals surface area contributed by atoms with Gasteiger partial charge in [0.05, 0.1) is 16.4 Å². The van der Waals surface area contributed by atoms with Crippen molar-refractivity contribution in [3.05, 3.63) is 182 Å². The molecule has 8 aromatic carbocycles. The van der Waals surface area contributed by atoms with Crippen LogP contribution in [0, 0.1) is 0 Å².